The summed E-state index contributed by atoms with van der Waals surface area (Å²) in [5.74, 6) is -1.06. The van der Waals surface area contributed by atoms with Crippen LogP contribution in [0.2, 0.25) is 0 Å². The van der Waals surface area contributed by atoms with E-state index in [4.69, 9.17) is 9.47 Å². The fraction of sp³-hybridized carbons (Fsp3) is 0.440. The van der Waals surface area contributed by atoms with E-state index in [9.17, 15) is 18.8 Å². The third-order valence-corrected chi connectivity index (χ3v) is 6.01. The maximum atomic E-state index is 14.3. The Labute approximate surface area is 212 Å². The molecule has 1 amide bonds. The third kappa shape index (κ3) is 6.95. The highest BCUT2D eigenvalue weighted by Crippen LogP contribution is 2.32. The average molecular weight is 583 g/mol. The van der Waals surface area contributed by atoms with Crippen LogP contribution < -0.4 is 10.1 Å². The Morgan fingerprint density at radius 2 is 2.00 bits per heavy atom. The van der Waals surface area contributed by atoms with Gasteiger partial charge in [0.15, 0.2) is 0 Å². The molecule has 1 N–H and O–H groups in total. The van der Waals surface area contributed by atoms with E-state index in [1.54, 1.807) is 11.0 Å². The molecule has 1 aliphatic rings. The van der Waals surface area contributed by atoms with Crippen molar-refractivity contribution in [3.8, 4) is 11.8 Å². The van der Waals surface area contributed by atoms with Crippen LogP contribution in [0, 0.1) is 26.5 Å². The van der Waals surface area contributed by atoms with Gasteiger partial charge in [-0.3, -0.25) is 0 Å². The highest BCUT2D eigenvalue weighted by Gasteiger charge is 2.30. The molecule has 0 bridgehead atoms. The number of anilines is 2. The van der Waals surface area contributed by atoms with Crippen molar-refractivity contribution in [3.05, 3.63) is 51.1 Å². The van der Waals surface area contributed by atoms with Gasteiger partial charge in [-0.25, -0.2) is 13.6 Å². The Bertz CT molecular complexity index is 1080. The van der Waals surface area contributed by atoms with Gasteiger partial charge in [-0.05, 0) is 86.9 Å². The van der Waals surface area contributed by atoms with E-state index in [2.05, 4.69) is 5.32 Å². The number of nitrogens with zero attached hydrogens (tertiary/aromatic N) is 2. The number of benzene rings is 2. The molecule has 1 saturated heterocycles. The Hall–Kier alpha value is -2.61. The summed E-state index contributed by atoms with van der Waals surface area (Å²) >= 11 is 1.99. The second-order valence-corrected chi connectivity index (χ2v) is 10.4. The van der Waals surface area contributed by atoms with Crippen LogP contribution in [0.4, 0.5) is 25.0 Å². The molecule has 0 saturated carbocycles. The van der Waals surface area contributed by atoms with Crippen molar-refractivity contribution in [1.82, 2.24) is 4.90 Å². The normalized spacial score (nSPS) is 16.0. The van der Waals surface area contributed by atoms with Crippen LogP contribution in [-0.4, -0.2) is 35.8 Å². The Morgan fingerprint density at radius 1 is 1.24 bits per heavy atom. The van der Waals surface area contributed by atoms with Crippen LogP contribution in [-0.2, 0) is 4.74 Å². The van der Waals surface area contributed by atoms with E-state index in [1.807, 2.05) is 49.4 Å². The number of carbonyl (C=O) groups is 1. The molecule has 1 heterocycles. The summed E-state index contributed by atoms with van der Waals surface area (Å²) in [6, 6.07) is 8.79. The zero-order chi connectivity index (χ0) is 24.9. The first-order valence-electron chi connectivity index (χ1n) is 11.2. The van der Waals surface area contributed by atoms with Gasteiger partial charge in [-0.2, -0.15) is 5.26 Å². The highest BCUT2D eigenvalue weighted by atomic mass is 127. The van der Waals surface area contributed by atoms with Crippen molar-refractivity contribution >= 4 is 40.1 Å². The van der Waals surface area contributed by atoms with Crippen LogP contribution in [0.25, 0.3) is 0 Å². The van der Waals surface area contributed by atoms with Crippen LogP contribution in [0.3, 0.4) is 0 Å². The molecule has 0 spiro atoms. The highest BCUT2D eigenvalue weighted by molar-refractivity contribution is 14.1. The summed E-state index contributed by atoms with van der Waals surface area (Å²) in [5, 5.41) is 12.5. The van der Waals surface area contributed by atoms with E-state index in [0.29, 0.717) is 16.5 Å². The Kier molecular flexibility index (Phi) is 8.57. The minimum atomic E-state index is -0.615. The first kappa shape index (κ1) is 26.0. The zero-order valence-electron chi connectivity index (χ0n) is 19.5. The van der Waals surface area contributed by atoms with E-state index >= 15 is 0 Å². The molecule has 1 atom stereocenters. The molecule has 9 heteroatoms. The van der Waals surface area contributed by atoms with Crippen LogP contribution in [0.15, 0.2) is 30.3 Å². The lowest BCUT2D eigenvalue weighted by Crippen LogP contribution is -2.46. The molecule has 1 aliphatic heterocycles. The van der Waals surface area contributed by atoms with Crippen molar-refractivity contribution in [2.45, 2.75) is 58.1 Å². The number of likely N-dealkylation sites (tertiary alicyclic amines) is 1. The number of nitriles is 1. The topological polar surface area (TPSA) is 74.6 Å². The van der Waals surface area contributed by atoms with Gasteiger partial charge in [0, 0.05) is 28.6 Å². The lowest BCUT2D eigenvalue weighted by molar-refractivity contribution is 0.00743. The number of ether oxygens (including phenoxy) is 2. The number of rotatable bonds is 6. The van der Waals surface area contributed by atoms with E-state index in [0.717, 1.165) is 31.4 Å². The molecule has 0 aromatic heterocycles. The van der Waals surface area contributed by atoms with Gasteiger partial charge in [-0.15, -0.1) is 0 Å². The van der Waals surface area contributed by atoms with Gasteiger partial charge in [0.1, 0.15) is 34.6 Å². The molecule has 2 aromatic rings. The molecular formula is C25H28F2IN3O3. The maximum absolute atomic E-state index is 14.3. The lowest BCUT2D eigenvalue weighted by atomic mass is 10.0. The summed E-state index contributed by atoms with van der Waals surface area (Å²) < 4.78 is 40.6. The fourth-order valence-electron chi connectivity index (χ4n) is 3.81. The van der Waals surface area contributed by atoms with Gasteiger partial charge >= 0.3 is 6.09 Å². The Morgan fingerprint density at radius 3 is 2.68 bits per heavy atom. The minimum Gasteiger partial charge on any atom is -0.492 e. The number of nitrogens with one attached hydrogen (secondary N) is 1. The van der Waals surface area contributed by atoms with Crippen molar-refractivity contribution in [3.63, 3.8) is 0 Å². The quantitative estimate of drug-likeness (QED) is 0.382. The molecule has 1 unspecified atom stereocenters. The smallest absolute Gasteiger partial charge is 0.410 e. The summed E-state index contributed by atoms with van der Waals surface area (Å²) in [7, 11) is 0. The van der Waals surface area contributed by atoms with Crippen LogP contribution in [0.5, 0.6) is 5.75 Å². The first-order chi connectivity index (χ1) is 16.1. The van der Waals surface area contributed by atoms with Gasteiger partial charge in [0.25, 0.3) is 0 Å². The molecule has 34 heavy (non-hydrogen) atoms. The second-order valence-electron chi connectivity index (χ2n) is 9.15. The van der Waals surface area contributed by atoms with Crippen molar-refractivity contribution in [2.75, 3.05) is 18.5 Å². The fourth-order valence-corrected chi connectivity index (χ4v) is 4.27. The molecular weight excluding hydrogens is 555 g/mol. The maximum Gasteiger partial charge on any atom is 0.410 e. The van der Waals surface area contributed by atoms with E-state index in [-0.39, 0.29) is 41.4 Å². The Balaban J connectivity index is 1.71. The largest absolute Gasteiger partial charge is 0.492 e. The molecule has 2 aromatic carbocycles. The minimum absolute atomic E-state index is 0.0653. The van der Waals surface area contributed by atoms with Crippen LogP contribution >= 0.6 is 22.6 Å². The van der Waals surface area contributed by atoms with E-state index in [1.165, 1.54) is 12.1 Å². The monoisotopic (exact) mass is 583 g/mol. The molecule has 0 aliphatic carbocycles. The molecule has 0 radical (unpaired) electrons. The molecule has 182 valence electrons. The van der Waals surface area contributed by atoms with Crippen molar-refractivity contribution in [1.29, 1.82) is 5.26 Å². The zero-order valence-corrected chi connectivity index (χ0v) is 21.6. The molecule has 6 nitrogen and oxygen atoms in total. The van der Waals surface area contributed by atoms with Gasteiger partial charge in [0.2, 0.25) is 0 Å². The molecule has 1 fully saturated rings. The van der Waals surface area contributed by atoms with Gasteiger partial charge in [-0.1, -0.05) is 0 Å². The summed E-state index contributed by atoms with van der Waals surface area (Å²) in [6.45, 7) is 6.27. The summed E-state index contributed by atoms with van der Waals surface area (Å²) in [6.07, 6.45) is 2.86. The van der Waals surface area contributed by atoms with Crippen molar-refractivity contribution in [2.24, 2.45) is 0 Å². The number of carbonyl (C=O) groups excluding carboxylic acids is 1. The number of piperidine rings is 1. The van der Waals surface area contributed by atoms with Gasteiger partial charge < -0.3 is 19.7 Å². The van der Waals surface area contributed by atoms with Crippen molar-refractivity contribution < 1.29 is 23.0 Å². The first-order valence-corrected chi connectivity index (χ1v) is 12.2. The number of amides is 1. The summed E-state index contributed by atoms with van der Waals surface area (Å²) in [5.41, 5.74) is -0.264. The van der Waals surface area contributed by atoms with Gasteiger partial charge in [0.05, 0.1) is 18.0 Å². The molecule has 3 rings (SSSR count). The predicted octanol–water partition coefficient (Wildman–Crippen LogP) is 6.74. The SMILES string of the molecule is CC(C)(C)OC(=O)N1CCCCC1CCOc1cc(F)cc(Nc2ccc(I)cc2F)c1C#N. The standard InChI is InChI=1S/C25H28F2IN3O3/c1-25(2,3)34-24(32)31-10-5-4-6-18(31)9-11-33-23-13-16(26)12-22(19(23)15-29)30-21-8-7-17(28)14-20(21)27/h7-8,12-14,18,30H,4-6,9-11H2,1-3H3. The summed E-state index contributed by atoms with van der Waals surface area (Å²) in [4.78, 5) is 14.3. The third-order valence-electron chi connectivity index (χ3n) is 5.34. The number of halogens is 3. The van der Waals surface area contributed by atoms with E-state index < -0.39 is 17.2 Å². The lowest BCUT2D eigenvalue weighted by Gasteiger charge is -2.36. The number of hydrogen-bond acceptors (Lipinski definition) is 5. The second kappa shape index (κ2) is 11.2. The average Bonchev–Trinajstić information content (AvgIpc) is 2.75. The predicted molar refractivity (Wildman–Crippen MR) is 134 cm³/mol. The van der Waals surface area contributed by atoms with Crippen LogP contribution in [0.1, 0.15) is 52.0 Å². The number of hydrogen-bond donors (Lipinski definition) is 1.